The maximum Gasteiger partial charge on any atom is 0.355 e. The first-order valence-electron chi connectivity index (χ1n) is 5.47. The highest BCUT2D eigenvalue weighted by atomic mass is 32.1. The van der Waals surface area contributed by atoms with E-state index in [1.165, 1.54) is 11.3 Å². The normalized spacial score (nSPS) is 17.4. The van der Waals surface area contributed by atoms with Crippen molar-refractivity contribution in [2.24, 2.45) is 0 Å². The van der Waals surface area contributed by atoms with Gasteiger partial charge < -0.3 is 15.1 Å². The van der Waals surface area contributed by atoms with Crippen molar-refractivity contribution >= 4 is 22.4 Å². The average molecular weight is 257 g/mol. The third kappa shape index (κ3) is 2.93. The number of hydrogen-bond acceptors (Lipinski definition) is 6. The highest BCUT2D eigenvalue weighted by Gasteiger charge is 2.19. The molecule has 17 heavy (non-hydrogen) atoms. The zero-order chi connectivity index (χ0) is 12.3. The lowest BCUT2D eigenvalue weighted by Crippen LogP contribution is -2.47. The number of anilines is 1. The van der Waals surface area contributed by atoms with E-state index in [9.17, 15) is 4.79 Å². The van der Waals surface area contributed by atoms with Crippen LogP contribution in [-0.2, 0) is 0 Å². The van der Waals surface area contributed by atoms with Crippen molar-refractivity contribution in [3.8, 4) is 0 Å². The molecule has 0 radical (unpaired) electrons. The Morgan fingerprint density at radius 2 is 2.12 bits per heavy atom. The van der Waals surface area contributed by atoms with E-state index in [0.717, 1.165) is 31.3 Å². The molecule has 0 saturated carbocycles. The van der Waals surface area contributed by atoms with Gasteiger partial charge in [-0.05, 0) is 0 Å². The summed E-state index contributed by atoms with van der Waals surface area (Å²) in [6.45, 7) is 4.29. The maximum atomic E-state index is 10.7. The third-order valence-electron chi connectivity index (χ3n) is 2.77. The van der Waals surface area contributed by atoms with Gasteiger partial charge in [0.1, 0.15) is 0 Å². The molecule has 0 atom stereocenters. The van der Waals surface area contributed by atoms with Gasteiger partial charge in [-0.15, -0.1) is 11.3 Å². The minimum atomic E-state index is -0.980. The predicted octanol–water partition coefficient (Wildman–Crippen LogP) is -0.0444. The van der Waals surface area contributed by atoms with Gasteiger partial charge in [-0.3, -0.25) is 4.90 Å². The highest BCUT2D eigenvalue weighted by Crippen LogP contribution is 2.21. The van der Waals surface area contributed by atoms with Crippen molar-refractivity contribution in [2.45, 2.75) is 0 Å². The lowest BCUT2D eigenvalue weighted by atomic mass is 10.3. The summed E-state index contributed by atoms with van der Waals surface area (Å²) in [4.78, 5) is 19.1. The number of carboxylic acids is 1. The summed E-state index contributed by atoms with van der Waals surface area (Å²) in [5, 5.41) is 20.0. The van der Waals surface area contributed by atoms with Crippen molar-refractivity contribution in [3.05, 3.63) is 11.1 Å². The lowest BCUT2D eigenvalue weighted by molar-refractivity contribution is 0.0691. The summed E-state index contributed by atoms with van der Waals surface area (Å²) in [5.41, 5.74) is 0.114. The first kappa shape index (κ1) is 12.3. The van der Waals surface area contributed by atoms with Crippen LogP contribution in [-0.4, -0.2) is 65.4 Å². The number of carboxylic acid groups (broad SMARTS) is 1. The van der Waals surface area contributed by atoms with E-state index in [1.54, 1.807) is 5.38 Å². The Bertz CT molecular complexity index is 388. The minimum Gasteiger partial charge on any atom is -0.476 e. The van der Waals surface area contributed by atoms with Crippen LogP contribution in [0, 0.1) is 0 Å². The van der Waals surface area contributed by atoms with E-state index < -0.39 is 5.97 Å². The molecule has 2 rings (SSSR count). The zero-order valence-corrected chi connectivity index (χ0v) is 10.2. The summed E-state index contributed by atoms with van der Waals surface area (Å²) in [6.07, 6.45) is 0. The fraction of sp³-hybridized carbons (Fsp3) is 0.600. The third-order valence-corrected chi connectivity index (χ3v) is 3.67. The molecule has 1 saturated heterocycles. The highest BCUT2D eigenvalue weighted by molar-refractivity contribution is 7.13. The molecule has 0 spiro atoms. The second-order valence-electron chi connectivity index (χ2n) is 3.87. The van der Waals surface area contributed by atoms with E-state index in [4.69, 9.17) is 10.2 Å². The van der Waals surface area contributed by atoms with Gasteiger partial charge in [-0.25, -0.2) is 9.78 Å². The molecule has 1 aliphatic heterocycles. The van der Waals surface area contributed by atoms with Gasteiger partial charge in [0.2, 0.25) is 0 Å². The molecule has 2 N–H and O–H groups in total. The van der Waals surface area contributed by atoms with Crippen molar-refractivity contribution in [2.75, 3.05) is 44.2 Å². The lowest BCUT2D eigenvalue weighted by Gasteiger charge is -2.34. The van der Waals surface area contributed by atoms with Crippen LogP contribution in [0.3, 0.4) is 0 Å². The largest absolute Gasteiger partial charge is 0.476 e. The van der Waals surface area contributed by atoms with Gasteiger partial charge >= 0.3 is 5.97 Å². The van der Waals surface area contributed by atoms with Crippen LogP contribution in [0.25, 0.3) is 0 Å². The van der Waals surface area contributed by atoms with Gasteiger partial charge in [-0.1, -0.05) is 0 Å². The van der Waals surface area contributed by atoms with Crippen molar-refractivity contribution in [1.29, 1.82) is 0 Å². The standard InChI is InChI=1S/C10H15N3O3S/c14-6-5-12-1-3-13(4-2-12)10-11-8(7-17-10)9(15)16/h7,14H,1-6H2,(H,15,16). The van der Waals surface area contributed by atoms with E-state index in [2.05, 4.69) is 14.8 Å². The molecule has 1 fully saturated rings. The van der Waals surface area contributed by atoms with Crippen LogP contribution in [0.2, 0.25) is 0 Å². The monoisotopic (exact) mass is 257 g/mol. The number of piperazine rings is 1. The summed E-state index contributed by atoms with van der Waals surface area (Å²) < 4.78 is 0. The fourth-order valence-corrected chi connectivity index (χ4v) is 2.67. The van der Waals surface area contributed by atoms with Crippen molar-refractivity contribution in [1.82, 2.24) is 9.88 Å². The summed E-state index contributed by atoms with van der Waals surface area (Å²) in [5.74, 6) is -0.980. The maximum absolute atomic E-state index is 10.7. The van der Waals surface area contributed by atoms with E-state index in [0.29, 0.717) is 6.54 Å². The van der Waals surface area contributed by atoms with Crippen LogP contribution in [0.4, 0.5) is 5.13 Å². The van der Waals surface area contributed by atoms with Gasteiger partial charge in [0.25, 0.3) is 0 Å². The molecule has 7 heteroatoms. The number of aromatic carboxylic acids is 1. The predicted molar refractivity (Wildman–Crippen MR) is 64.8 cm³/mol. The van der Waals surface area contributed by atoms with Gasteiger partial charge in [0.15, 0.2) is 10.8 Å². The number of carbonyl (C=O) groups is 1. The van der Waals surface area contributed by atoms with Crippen LogP contribution in [0.1, 0.15) is 10.5 Å². The van der Waals surface area contributed by atoms with E-state index in [-0.39, 0.29) is 12.3 Å². The van der Waals surface area contributed by atoms with Crippen molar-refractivity contribution < 1.29 is 15.0 Å². The average Bonchev–Trinajstić information content (AvgIpc) is 2.80. The summed E-state index contributed by atoms with van der Waals surface area (Å²) >= 11 is 1.37. The fourth-order valence-electron chi connectivity index (χ4n) is 1.81. The number of aliphatic hydroxyl groups is 1. The molecule has 1 aliphatic rings. The molecular weight excluding hydrogens is 242 g/mol. The second kappa shape index (κ2) is 5.44. The number of rotatable bonds is 4. The Hall–Kier alpha value is -1.18. The zero-order valence-electron chi connectivity index (χ0n) is 9.37. The molecule has 0 amide bonds. The minimum absolute atomic E-state index is 0.114. The van der Waals surface area contributed by atoms with Crippen LogP contribution < -0.4 is 4.90 Å². The number of nitrogens with zero attached hydrogens (tertiary/aromatic N) is 3. The molecule has 0 aliphatic carbocycles. The quantitative estimate of drug-likeness (QED) is 0.788. The van der Waals surface area contributed by atoms with E-state index in [1.807, 2.05) is 0 Å². The van der Waals surface area contributed by atoms with Crippen LogP contribution in [0.15, 0.2) is 5.38 Å². The number of aromatic nitrogens is 1. The molecule has 0 aromatic carbocycles. The van der Waals surface area contributed by atoms with E-state index >= 15 is 0 Å². The first-order chi connectivity index (χ1) is 8.20. The van der Waals surface area contributed by atoms with Gasteiger partial charge in [0, 0.05) is 38.1 Å². The molecule has 6 nitrogen and oxygen atoms in total. The SMILES string of the molecule is O=C(O)c1csc(N2CCN(CCO)CC2)n1. The Balaban J connectivity index is 1.93. The Kier molecular flexibility index (Phi) is 3.93. The van der Waals surface area contributed by atoms with Crippen LogP contribution >= 0.6 is 11.3 Å². The topological polar surface area (TPSA) is 76.9 Å². The number of hydrogen-bond donors (Lipinski definition) is 2. The number of thiazole rings is 1. The van der Waals surface area contributed by atoms with Crippen LogP contribution in [0.5, 0.6) is 0 Å². The van der Waals surface area contributed by atoms with Crippen molar-refractivity contribution in [3.63, 3.8) is 0 Å². The Morgan fingerprint density at radius 3 is 2.65 bits per heavy atom. The number of aliphatic hydroxyl groups excluding tert-OH is 1. The smallest absolute Gasteiger partial charge is 0.355 e. The first-order valence-corrected chi connectivity index (χ1v) is 6.35. The molecule has 0 unspecified atom stereocenters. The van der Waals surface area contributed by atoms with Gasteiger partial charge in [-0.2, -0.15) is 0 Å². The molecule has 1 aromatic rings. The molecule has 94 valence electrons. The Labute approximate surface area is 103 Å². The molecule has 2 heterocycles. The Morgan fingerprint density at radius 1 is 1.41 bits per heavy atom. The summed E-state index contributed by atoms with van der Waals surface area (Å²) in [7, 11) is 0. The second-order valence-corrected chi connectivity index (χ2v) is 4.71. The summed E-state index contributed by atoms with van der Waals surface area (Å²) in [6, 6.07) is 0. The van der Waals surface area contributed by atoms with Gasteiger partial charge in [0.05, 0.1) is 6.61 Å². The number of β-amino-alcohol motifs (C(OH)–C–C–N with tert-alkyl or cyclic N) is 1. The molecular formula is C10H15N3O3S. The molecule has 0 bridgehead atoms. The molecule has 1 aromatic heterocycles.